The molecule has 0 radical (unpaired) electrons. The third-order valence-electron chi connectivity index (χ3n) is 3.22. The number of nitrogens with one attached hydrogen (secondary N) is 1. The molecule has 1 saturated carbocycles. The van der Waals surface area contributed by atoms with Crippen molar-refractivity contribution in [1.82, 2.24) is 5.32 Å². The van der Waals surface area contributed by atoms with Crippen LogP contribution in [0.3, 0.4) is 0 Å². The zero-order chi connectivity index (χ0) is 13.2. The SMILES string of the molecule is O=[N+]([O-])c1cc(Br)cc(CNCC2(O)CCC2)c1. The van der Waals surface area contributed by atoms with E-state index in [2.05, 4.69) is 21.2 Å². The van der Waals surface area contributed by atoms with Crippen LogP contribution in [0.5, 0.6) is 0 Å². The van der Waals surface area contributed by atoms with Gasteiger partial charge in [0.05, 0.1) is 10.5 Å². The molecule has 0 unspecified atom stereocenters. The minimum Gasteiger partial charge on any atom is -0.389 e. The molecular formula is C12H15BrN2O3. The highest BCUT2D eigenvalue weighted by Gasteiger charge is 2.33. The number of benzene rings is 1. The van der Waals surface area contributed by atoms with Gasteiger partial charge in [-0.15, -0.1) is 0 Å². The van der Waals surface area contributed by atoms with Crippen molar-refractivity contribution in [3.8, 4) is 0 Å². The van der Waals surface area contributed by atoms with E-state index in [4.69, 9.17) is 0 Å². The van der Waals surface area contributed by atoms with Crippen LogP contribution in [0.25, 0.3) is 0 Å². The van der Waals surface area contributed by atoms with Gasteiger partial charge in [-0.3, -0.25) is 10.1 Å². The average Bonchev–Trinajstić information content (AvgIpc) is 2.26. The lowest BCUT2D eigenvalue weighted by Gasteiger charge is -2.36. The molecule has 5 nitrogen and oxygen atoms in total. The summed E-state index contributed by atoms with van der Waals surface area (Å²) in [7, 11) is 0. The first kappa shape index (κ1) is 13.5. The van der Waals surface area contributed by atoms with Crippen molar-refractivity contribution in [3.05, 3.63) is 38.3 Å². The molecular weight excluding hydrogens is 300 g/mol. The Balaban J connectivity index is 1.94. The monoisotopic (exact) mass is 314 g/mol. The molecule has 2 rings (SSSR count). The highest BCUT2D eigenvalue weighted by molar-refractivity contribution is 9.10. The molecule has 0 atom stereocenters. The van der Waals surface area contributed by atoms with E-state index in [0.29, 0.717) is 17.6 Å². The quantitative estimate of drug-likeness (QED) is 0.646. The summed E-state index contributed by atoms with van der Waals surface area (Å²) in [6.45, 7) is 1.05. The Labute approximate surface area is 113 Å². The first-order valence-corrected chi connectivity index (χ1v) is 6.65. The van der Waals surface area contributed by atoms with Gasteiger partial charge in [0.1, 0.15) is 0 Å². The second-order valence-electron chi connectivity index (χ2n) is 4.76. The summed E-state index contributed by atoms with van der Waals surface area (Å²) in [5.74, 6) is 0. The topological polar surface area (TPSA) is 75.4 Å². The fraction of sp³-hybridized carbons (Fsp3) is 0.500. The van der Waals surface area contributed by atoms with Crippen LogP contribution in [0.15, 0.2) is 22.7 Å². The molecule has 0 saturated heterocycles. The Hall–Kier alpha value is -0.980. The van der Waals surface area contributed by atoms with Gasteiger partial charge in [0.2, 0.25) is 0 Å². The Morgan fingerprint density at radius 3 is 2.72 bits per heavy atom. The van der Waals surface area contributed by atoms with Gasteiger partial charge < -0.3 is 10.4 Å². The molecule has 0 aromatic heterocycles. The number of halogens is 1. The molecule has 1 fully saturated rings. The Morgan fingerprint density at radius 2 is 2.17 bits per heavy atom. The maximum Gasteiger partial charge on any atom is 0.270 e. The summed E-state index contributed by atoms with van der Waals surface area (Å²) in [4.78, 5) is 10.3. The molecule has 0 bridgehead atoms. The van der Waals surface area contributed by atoms with E-state index in [1.807, 2.05) is 6.07 Å². The third-order valence-corrected chi connectivity index (χ3v) is 3.68. The molecule has 1 aliphatic carbocycles. The van der Waals surface area contributed by atoms with Gasteiger partial charge in [0.25, 0.3) is 5.69 Å². The van der Waals surface area contributed by atoms with Crippen LogP contribution in [0.1, 0.15) is 24.8 Å². The maximum atomic E-state index is 10.7. The minimum absolute atomic E-state index is 0.0727. The molecule has 1 aliphatic rings. The lowest BCUT2D eigenvalue weighted by molar-refractivity contribution is -0.385. The van der Waals surface area contributed by atoms with Crippen LogP contribution >= 0.6 is 15.9 Å². The number of hydrogen-bond acceptors (Lipinski definition) is 4. The Kier molecular flexibility index (Phi) is 3.99. The van der Waals surface area contributed by atoms with E-state index in [-0.39, 0.29) is 5.69 Å². The zero-order valence-electron chi connectivity index (χ0n) is 9.86. The number of aliphatic hydroxyl groups is 1. The highest BCUT2D eigenvalue weighted by Crippen LogP contribution is 2.30. The maximum absolute atomic E-state index is 10.7. The summed E-state index contributed by atoms with van der Waals surface area (Å²) in [6.07, 6.45) is 2.73. The van der Waals surface area contributed by atoms with E-state index in [0.717, 1.165) is 24.8 Å². The van der Waals surface area contributed by atoms with Crippen LogP contribution in [-0.4, -0.2) is 22.2 Å². The smallest absolute Gasteiger partial charge is 0.270 e. The standard InChI is InChI=1S/C12H15BrN2O3/c13-10-4-9(5-11(6-10)15(17)18)7-14-8-12(16)2-1-3-12/h4-6,14,16H,1-3,7-8H2. The molecule has 0 spiro atoms. The number of nitro groups is 1. The summed E-state index contributed by atoms with van der Waals surface area (Å²) < 4.78 is 0.691. The number of nitro benzene ring substituents is 1. The van der Waals surface area contributed by atoms with E-state index >= 15 is 0 Å². The van der Waals surface area contributed by atoms with Gasteiger partial charge >= 0.3 is 0 Å². The lowest BCUT2D eigenvalue weighted by atomic mass is 9.80. The van der Waals surface area contributed by atoms with Crippen molar-refractivity contribution in [2.75, 3.05) is 6.54 Å². The average molecular weight is 315 g/mol. The number of hydrogen-bond donors (Lipinski definition) is 2. The summed E-state index contributed by atoms with van der Waals surface area (Å²) in [5, 5.41) is 23.8. The molecule has 98 valence electrons. The molecule has 1 aromatic rings. The number of nitrogens with zero attached hydrogens (tertiary/aromatic N) is 1. The fourth-order valence-corrected chi connectivity index (χ4v) is 2.57. The van der Waals surface area contributed by atoms with Crippen molar-refractivity contribution in [2.45, 2.75) is 31.4 Å². The summed E-state index contributed by atoms with van der Waals surface area (Å²) in [6, 6.07) is 4.86. The van der Waals surface area contributed by atoms with Gasteiger partial charge in [-0.05, 0) is 30.9 Å². The predicted molar refractivity (Wildman–Crippen MR) is 71.3 cm³/mol. The van der Waals surface area contributed by atoms with Gasteiger partial charge in [0.15, 0.2) is 0 Å². The molecule has 18 heavy (non-hydrogen) atoms. The van der Waals surface area contributed by atoms with E-state index < -0.39 is 10.5 Å². The van der Waals surface area contributed by atoms with Crippen LogP contribution < -0.4 is 5.32 Å². The fourth-order valence-electron chi connectivity index (χ4n) is 2.04. The van der Waals surface area contributed by atoms with Gasteiger partial charge in [-0.25, -0.2) is 0 Å². The molecule has 6 heteroatoms. The molecule has 2 N–H and O–H groups in total. The summed E-state index contributed by atoms with van der Waals surface area (Å²) >= 11 is 3.26. The normalized spacial score (nSPS) is 17.2. The van der Waals surface area contributed by atoms with Crippen LogP contribution in [0, 0.1) is 10.1 Å². The summed E-state index contributed by atoms with van der Waals surface area (Å²) in [5.41, 5.74) is 0.334. The van der Waals surface area contributed by atoms with Crippen molar-refractivity contribution < 1.29 is 10.0 Å². The lowest BCUT2D eigenvalue weighted by Crippen LogP contribution is -2.45. The van der Waals surface area contributed by atoms with Crippen molar-refractivity contribution in [2.24, 2.45) is 0 Å². The second kappa shape index (κ2) is 5.34. The number of non-ortho nitro benzene ring substituents is 1. The first-order chi connectivity index (χ1) is 8.48. The van der Waals surface area contributed by atoms with Crippen molar-refractivity contribution in [3.63, 3.8) is 0 Å². The van der Waals surface area contributed by atoms with Crippen molar-refractivity contribution in [1.29, 1.82) is 0 Å². The second-order valence-corrected chi connectivity index (χ2v) is 5.67. The third kappa shape index (κ3) is 3.28. The minimum atomic E-state index is -0.571. The van der Waals surface area contributed by atoms with E-state index in [1.54, 1.807) is 6.07 Å². The van der Waals surface area contributed by atoms with Crippen molar-refractivity contribution >= 4 is 21.6 Å². The molecule has 0 heterocycles. The Morgan fingerprint density at radius 1 is 1.44 bits per heavy atom. The van der Waals surface area contributed by atoms with E-state index in [1.165, 1.54) is 6.07 Å². The van der Waals surface area contributed by atoms with Gasteiger partial charge in [0, 0.05) is 29.7 Å². The van der Waals surface area contributed by atoms with Crippen LogP contribution in [-0.2, 0) is 6.54 Å². The van der Waals surface area contributed by atoms with Gasteiger partial charge in [-0.2, -0.15) is 0 Å². The zero-order valence-corrected chi connectivity index (χ0v) is 11.4. The molecule has 0 aliphatic heterocycles. The van der Waals surface area contributed by atoms with Crippen LogP contribution in [0.2, 0.25) is 0 Å². The van der Waals surface area contributed by atoms with Gasteiger partial charge in [-0.1, -0.05) is 15.9 Å². The predicted octanol–water partition coefficient (Wildman–Crippen LogP) is 2.36. The molecule has 0 amide bonds. The Bertz CT molecular complexity index is 461. The first-order valence-electron chi connectivity index (χ1n) is 5.85. The number of rotatable bonds is 5. The van der Waals surface area contributed by atoms with E-state index in [9.17, 15) is 15.2 Å². The highest BCUT2D eigenvalue weighted by atomic mass is 79.9. The van der Waals surface area contributed by atoms with Crippen LogP contribution in [0.4, 0.5) is 5.69 Å². The largest absolute Gasteiger partial charge is 0.389 e. The molecule has 1 aromatic carbocycles.